The van der Waals surface area contributed by atoms with Crippen molar-refractivity contribution in [2.45, 2.75) is 19.4 Å². The molecule has 0 saturated carbocycles. The quantitative estimate of drug-likeness (QED) is 0.931. The van der Waals surface area contributed by atoms with Gasteiger partial charge in [0.25, 0.3) is 0 Å². The molecule has 17 heavy (non-hydrogen) atoms. The highest BCUT2D eigenvalue weighted by atomic mass is 79.9. The monoisotopic (exact) mass is 291 g/mol. The van der Waals surface area contributed by atoms with Gasteiger partial charge in [0.1, 0.15) is 0 Å². The van der Waals surface area contributed by atoms with Crippen LogP contribution < -0.4 is 5.32 Å². The number of benzene rings is 1. The van der Waals surface area contributed by atoms with Crippen molar-refractivity contribution in [2.24, 2.45) is 0 Å². The van der Waals surface area contributed by atoms with Crippen LogP contribution in [0.25, 0.3) is 0 Å². The molecule has 0 spiro atoms. The minimum atomic E-state index is 0.248. The van der Waals surface area contributed by atoms with Crippen molar-refractivity contribution >= 4 is 21.9 Å². The van der Waals surface area contributed by atoms with Crippen molar-refractivity contribution in [1.82, 2.24) is 9.97 Å². The summed E-state index contributed by atoms with van der Waals surface area (Å²) >= 11 is 3.32. The molecular formula is C13H14BrN3. The Bertz CT molecular complexity index is 456. The van der Waals surface area contributed by atoms with E-state index in [1.165, 1.54) is 5.56 Å². The molecule has 88 valence electrons. The van der Waals surface area contributed by atoms with Gasteiger partial charge in [0.2, 0.25) is 5.95 Å². The summed E-state index contributed by atoms with van der Waals surface area (Å²) in [6, 6.07) is 10.6. The van der Waals surface area contributed by atoms with Gasteiger partial charge in [-0.25, -0.2) is 9.97 Å². The van der Waals surface area contributed by atoms with Crippen molar-refractivity contribution in [1.29, 1.82) is 0 Å². The number of hydrogen-bond acceptors (Lipinski definition) is 3. The van der Waals surface area contributed by atoms with Crippen LogP contribution in [0.3, 0.4) is 0 Å². The summed E-state index contributed by atoms with van der Waals surface area (Å²) in [6.07, 6.45) is 4.48. The normalized spacial score (nSPS) is 12.1. The van der Waals surface area contributed by atoms with Crippen molar-refractivity contribution in [2.75, 3.05) is 5.32 Å². The van der Waals surface area contributed by atoms with E-state index in [0.29, 0.717) is 5.95 Å². The van der Waals surface area contributed by atoms with E-state index in [-0.39, 0.29) is 6.04 Å². The topological polar surface area (TPSA) is 37.8 Å². The molecule has 1 atom stereocenters. The molecule has 0 radical (unpaired) electrons. The average Bonchev–Trinajstić information content (AvgIpc) is 2.39. The van der Waals surface area contributed by atoms with E-state index in [0.717, 1.165) is 10.9 Å². The first-order valence-electron chi connectivity index (χ1n) is 5.58. The zero-order valence-electron chi connectivity index (χ0n) is 9.60. The lowest BCUT2D eigenvalue weighted by molar-refractivity contribution is 0.738. The van der Waals surface area contributed by atoms with Crippen LogP contribution in [0.2, 0.25) is 0 Å². The van der Waals surface area contributed by atoms with Crippen LogP contribution in [0, 0.1) is 0 Å². The Balaban J connectivity index is 2.13. The summed E-state index contributed by atoms with van der Waals surface area (Å²) in [4.78, 5) is 8.44. The van der Waals surface area contributed by atoms with Gasteiger partial charge in [-0.2, -0.15) is 0 Å². The van der Waals surface area contributed by atoms with E-state index in [2.05, 4.69) is 50.3 Å². The number of anilines is 1. The molecule has 1 heterocycles. The molecule has 3 nitrogen and oxygen atoms in total. The maximum Gasteiger partial charge on any atom is 0.223 e. The van der Waals surface area contributed by atoms with Crippen LogP contribution in [-0.4, -0.2) is 9.97 Å². The van der Waals surface area contributed by atoms with Crippen LogP contribution in [-0.2, 0) is 0 Å². The Morgan fingerprint density at radius 2 is 1.82 bits per heavy atom. The molecule has 0 bridgehead atoms. The number of hydrogen-bond donors (Lipinski definition) is 1. The van der Waals surface area contributed by atoms with Gasteiger partial charge in [-0.15, -0.1) is 0 Å². The summed E-state index contributed by atoms with van der Waals surface area (Å²) in [5.74, 6) is 0.656. The van der Waals surface area contributed by atoms with Gasteiger partial charge in [-0.05, 0) is 27.9 Å². The van der Waals surface area contributed by atoms with E-state index in [9.17, 15) is 0 Å². The molecular weight excluding hydrogens is 278 g/mol. The summed E-state index contributed by atoms with van der Waals surface area (Å²) < 4.78 is 0.885. The van der Waals surface area contributed by atoms with Crippen LogP contribution in [0.1, 0.15) is 24.9 Å². The summed E-state index contributed by atoms with van der Waals surface area (Å²) in [6.45, 7) is 2.14. The molecule has 0 saturated heterocycles. The predicted octanol–water partition coefficient (Wildman–Crippen LogP) is 3.80. The molecule has 1 aromatic heterocycles. The molecule has 1 N–H and O–H groups in total. The fourth-order valence-corrected chi connectivity index (χ4v) is 1.85. The molecule has 1 unspecified atom stereocenters. The fourth-order valence-electron chi connectivity index (χ4n) is 1.65. The molecule has 0 aliphatic heterocycles. The van der Waals surface area contributed by atoms with Gasteiger partial charge >= 0.3 is 0 Å². The Morgan fingerprint density at radius 1 is 1.18 bits per heavy atom. The van der Waals surface area contributed by atoms with Crippen LogP contribution in [0.5, 0.6) is 0 Å². The smallest absolute Gasteiger partial charge is 0.223 e. The van der Waals surface area contributed by atoms with Crippen LogP contribution in [0.4, 0.5) is 5.95 Å². The minimum Gasteiger partial charge on any atom is -0.347 e. The first-order chi connectivity index (χ1) is 8.29. The number of nitrogens with one attached hydrogen (secondary N) is 1. The average molecular weight is 292 g/mol. The summed E-state index contributed by atoms with van der Waals surface area (Å²) in [5.41, 5.74) is 1.25. The van der Waals surface area contributed by atoms with Gasteiger partial charge in [0.15, 0.2) is 0 Å². The van der Waals surface area contributed by atoms with E-state index in [1.54, 1.807) is 12.4 Å². The molecule has 0 fully saturated rings. The second kappa shape index (κ2) is 5.77. The van der Waals surface area contributed by atoms with Crippen LogP contribution in [0.15, 0.2) is 47.2 Å². The third-order valence-corrected chi connectivity index (χ3v) is 2.94. The van der Waals surface area contributed by atoms with Crippen molar-refractivity contribution < 1.29 is 0 Å². The highest BCUT2D eigenvalue weighted by molar-refractivity contribution is 9.10. The van der Waals surface area contributed by atoms with Gasteiger partial charge in [0, 0.05) is 12.4 Å². The van der Waals surface area contributed by atoms with Gasteiger partial charge in [0.05, 0.1) is 10.5 Å². The predicted molar refractivity (Wildman–Crippen MR) is 72.8 cm³/mol. The summed E-state index contributed by atoms with van der Waals surface area (Å²) in [7, 11) is 0. The zero-order chi connectivity index (χ0) is 12.1. The third kappa shape index (κ3) is 3.27. The number of aromatic nitrogens is 2. The Labute approximate surface area is 109 Å². The lowest BCUT2D eigenvalue weighted by Crippen LogP contribution is -2.11. The Kier molecular flexibility index (Phi) is 4.09. The van der Waals surface area contributed by atoms with Crippen molar-refractivity contribution in [3.05, 3.63) is 52.8 Å². The second-order valence-corrected chi connectivity index (χ2v) is 4.66. The molecule has 0 amide bonds. The van der Waals surface area contributed by atoms with Crippen molar-refractivity contribution in [3.8, 4) is 0 Å². The highest BCUT2D eigenvalue weighted by Crippen LogP contribution is 2.20. The number of nitrogens with zero attached hydrogens (tertiary/aromatic N) is 2. The standard InChI is InChI=1S/C13H14BrN3/c1-2-12(10-6-4-3-5-7-10)17-13-15-8-11(14)9-16-13/h3-9,12H,2H2,1H3,(H,15,16,17). The molecule has 0 aliphatic rings. The Hall–Kier alpha value is -1.42. The van der Waals surface area contributed by atoms with Gasteiger partial charge in [-0.3, -0.25) is 0 Å². The fraction of sp³-hybridized carbons (Fsp3) is 0.231. The molecule has 2 rings (SSSR count). The maximum atomic E-state index is 4.22. The van der Waals surface area contributed by atoms with Crippen LogP contribution >= 0.6 is 15.9 Å². The minimum absolute atomic E-state index is 0.248. The van der Waals surface area contributed by atoms with Crippen molar-refractivity contribution in [3.63, 3.8) is 0 Å². The number of rotatable bonds is 4. The van der Waals surface area contributed by atoms with Gasteiger partial charge < -0.3 is 5.32 Å². The SMILES string of the molecule is CCC(Nc1ncc(Br)cn1)c1ccccc1. The molecule has 2 aromatic rings. The maximum absolute atomic E-state index is 4.22. The largest absolute Gasteiger partial charge is 0.347 e. The van der Waals surface area contributed by atoms with E-state index < -0.39 is 0 Å². The third-order valence-electron chi connectivity index (χ3n) is 2.53. The van der Waals surface area contributed by atoms with Gasteiger partial charge in [-0.1, -0.05) is 37.3 Å². The molecule has 4 heteroatoms. The van der Waals surface area contributed by atoms with E-state index in [4.69, 9.17) is 0 Å². The molecule has 0 aliphatic carbocycles. The first kappa shape index (κ1) is 12.0. The number of halogens is 1. The Morgan fingerprint density at radius 3 is 2.41 bits per heavy atom. The molecule has 1 aromatic carbocycles. The van der Waals surface area contributed by atoms with E-state index >= 15 is 0 Å². The second-order valence-electron chi connectivity index (χ2n) is 3.74. The van der Waals surface area contributed by atoms with E-state index in [1.807, 2.05) is 18.2 Å². The highest BCUT2D eigenvalue weighted by Gasteiger charge is 2.09. The first-order valence-corrected chi connectivity index (χ1v) is 6.38. The lowest BCUT2D eigenvalue weighted by Gasteiger charge is -2.17. The zero-order valence-corrected chi connectivity index (χ0v) is 11.2. The lowest BCUT2D eigenvalue weighted by atomic mass is 10.1. The summed E-state index contributed by atoms with van der Waals surface area (Å²) in [5, 5.41) is 3.33.